The predicted octanol–water partition coefficient (Wildman–Crippen LogP) is 3.68. The maximum absolute atomic E-state index is 5.55. The molecule has 1 N–H and O–H groups in total. The molecule has 3 rings (SSSR count). The molecule has 0 saturated carbocycles. The lowest BCUT2D eigenvalue weighted by molar-refractivity contribution is 0.241. The van der Waals surface area contributed by atoms with Gasteiger partial charge in [0.25, 0.3) is 0 Å². The van der Waals surface area contributed by atoms with Gasteiger partial charge >= 0.3 is 0 Å². The quantitative estimate of drug-likeness (QED) is 0.847. The smallest absolute Gasteiger partial charge is 0.173 e. The number of thiocarbonyl (C=S) groups is 1. The molecule has 0 unspecified atom stereocenters. The van der Waals surface area contributed by atoms with Crippen molar-refractivity contribution in [3.05, 3.63) is 66.4 Å². The van der Waals surface area contributed by atoms with Gasteiger partial charge in [0, 0.05) is 37.9 Å². The predicted molar refractivity (Wildman–Crippen MR) is 108 cm³/mol. The van der Waals surface area contributed by atoms with E-state index in [2.05, 4.69) is 51.7 Å². The van der Waals surface area contributed by atoms with Crippen molar-refractivity contribution >= 4 is 29.1 Å². The third kappa shape index (κ3) is 4.97. The number of anilines is 1. The van der Waals surface area contributed by atoms with Gasteiger partial charge in [-0.2, -0.15) is 0 Å². The lowest BCUT2D eigenvalue weighted by Crippen LogP contribution is -2.48. The van der Waals surface area contributed by atoms with Crippen molar-refractivity contribution in [2.45, 2.75) is 0 Å². The molecule has 1 aliphatic heterocycles. The van der Waals surface area contributed by atoms with Gasteiger partial charge in [-0.05, 0) is 42.2 Å². The van der Waals surface area contributed by atoms with Crippen LogP contribution >= 0.6 is 12.2 Å². The molecule has 0 atom stereocenters. The standard InChI is InChI=1S/C20H23N3OS/c1-24-19-9-5-8-18(16-19)21-20(25)23-14-12-22(13-15-23)11-10-17-6-3-2-4-7-17/h2-11,16H,12-15H2,1H3,(H,21,25). The topological polar surface area (TPSA) is 27.7 Å². The highest BCUT2D eigenvalue weighted by molar-refractivity contribution is 7.80. The first-order chi connectivity index (χ1) is 12.2. The van der Waals surface area contributed by atoms with Crippen molar-refractivity contribution in [1.29, 1.82) is 0 Å². The number of hydrogen-bond acceptors (Lipinski definition) is 3. The highest BCUT2D eigenvalue weighted by Crippen LogP contribution is 2.17. The summed E-state index contributed by atoms with van der Waals surface area (Å²) in [6, 6.07) is 18.2. The number of methoxy groups -OCH3 is 1. The molecule has 0 aliphatic carbocycles. The molecule has 4 nitrogen and oxygen atoms in total. The second kappa shape index (κ2) is 8.53. The van der Waals surface area contributed by atoms with Crippen LogP contribution in [0, 0.1) is 0 Å². The van der Waals surface area contributed by atoms with Crippen LogP contribution in [0.1, 0.15) is 5.56 Å². The Bertz CT molecular complexity index is 725. The van der Waals surface area contributed by atoms with Crippen LogP contribution in [0.3, 0.4) is 0 Å². The number of piperazine rings is 1. The summed E-state index contributed by atoms with van der Waals surface area (Å²) in [5, 5.41) is 4.06. The lowest BCUT2D eigenvalue weighted by Gasteiger charge is -2.35. The van der Waals surface area contributed by atoms with Crippen LogP contribution in [-0.2, 0) is 0 Å². The molecule has 1 saturated heterocycles. The van der Waals surface area contributed by atoms with E-state index in [1.165, 1.54) is 5.56 Å². The van der Waals surface area contributed by atoms with Crippen LogP contribution in [0.5, 0.6) is 5.75 Å². The van der Waals surface area contributed by atoms with Crippen LogP contribution in [0.15, 0.2) is 60.8 Å². The van der Waals surface area contributed by atoms with E-state index in [0.717, 1.165) is 42.7 Å². The Labute approximate surface area is 154 Å². The summed E-state index contributed by atoms with van der Waals surface area (Å²) in [6.07, 6.45) is 4.33. The van der Waals surface area contributed by atoms with Gasteiger partial charge in [0.2, 0.25) is 0 Å². The van der Waals surface area contributed by atoms with Gasteiger partial charge in [-0.3, -0.25) is 0 Å². The molecule has 5 heteroatoms. The molecule has 1 heterocycles. The summed E-state index contributed by atoms with van der Waals surface area (Å²) in [5.41, 5.74) is 2.18. The second-order valence-electron chi connectivity index (χ2n) is 5.91. The SMILES string of the molecule is COc1cccc(NC(=S)N2CCN(C=Cc3ccccc3)CC2)c1. The fourth-order valence-corrected chi connectivity index (χ4v) is 3.03. The average Bonchev–Trinajstić information content (AvgIpc) is 2.67. The van der Waals surface area contributed by atoms with E-state index in [4.69, 9.17) is 17.0 Å². The summed E-state index contributed by atoms with van der Waals surface area (Å²) < 4.78 is 5.25. The summed E-state index contributed by atoms with van der Waals surface area (Å²) in [7, 11) is 1.67. The normalized spacial score (nSPS) is 14.6. The summed E-state index contributed by atoms with van der Waals surface area (Å²) >= 11 is 5.55. The van der Waals surface area contributed by atoms with Crippen LogP contribution in [-0.4, -0.2) is 48.2 Å². The van der Waals surface area contributed by atoms with Crippen molar-refractivity contribution in [2.75, 3.05) is 38.6 Å². The van der Waals surface area contributed by atoms with Crippen molar-refractivity contribution in [2.24, 2.45) is 0 Å². The molecule has 0 radical (unpaired) electrons. The molecule has 25 heavy (non-hydrogen) atoms. The second-order valence-corrected chi connectivity index (χ2v) is 6.30. The fourth-order valence-electron chi connectivity index (χ4n) is 2.73. The molecule has 2 aromatic carbocycles. The van der Waals surface area contributed by atoms with Gasteiger partial charge in [-0.15, -0.1) is 0 Å². The van der Waals surface area contributed by atoms with Gasteiger partial charge in [0.15, 0.2) is 5.11 Å². The molecule has 0 amide bonds. The van der Waals surface area contributed by atoms with E-state index in [9.17, 15) is 0 Å². The summed E-state index contributed by atoms with van der Waals surface area (Å²) in [5.74, 6) is 0.823. The maximum Gasteiger partial charge on any atom is 0.173 e. The Kier molecular flexibility index (Phi) is 5.90. The minimum absolute atomic E-state index is 0.764. The Morgan fingerprint density at radius 1 is 1.04 bits per heavy atom. The lowest BCUT2D eigenvalue weighted by atomic mass is 10.2. The van der Waals surface area contributed by atoms with Gasteiger partial charge in [0.1, 0.15) is 5.75 Å². The monoisotopic (exact) mass is 353 g/mol. The number of nitrogens with one attached hydrogen (secondary N) is 1. The Hall–Kier alpha value is -2.53. The van der Waals surface area contributed by atoms with Gasteiger partial charge in [0.05, 0.1) is 7.11 Å². The van der Waals surface area contributed by atoms with Crippen molar-refractivity contribution < 1.29 is 4.74 Å². The summed E-state index contributed by atoms with van der Waals surface area (Å²) in [4.78, 5) is 4.54. The molecule has 0 spiro atoms. The van der Waals surface area contributed by atoms with Gasteiger partial charge < -0.3 is 19.9 Å². The largest absolute Gasteiger partial charge is 0.497 e. The van der Waals surface area contributed by atoms with Crippen molar-refractivity contribution in [3.63, 3.8) is 0 Å². The van der Waals surface area contributed by atoms with Crippen LogP contribution in [0.4, 0.5) is 5.69 Å². The third-order valence-corrected chi connectivity index (χ3v) is 4.56. The van der Waals surface area contributed by atoms with Gasteiger partial charge in [-0.1, -0.05) is 36.4 Å². The minimum atomic E-state index is 0.764. The first kappa shape index (κ1) is 17.3. The molecule has 2 aromatic rings. The summed E-state index contributed by atoms with van der Waals surface area (Å²) in [6.45, 7) is 3.75. The maximum atomic E-state index is 5.55. The van der Waals surface area contributed by atoms with Crippen LogP contribution in [0.2, 0.25) is 0 Å². The molecular formula is C20H23N3OS. The van der Waals surface area contributed by atoms with E-state index in [1.807, 2.05) is 30.3 Å². The fraction of sp³-hybridized carbons (Fsp3) is 0.250. The molecular weight excluding hydrogens is 330 g/mol. The molecule has 1 fully saturated rings. The van der Waals surface area contributed by atoms with Crippen LogP contribution < -0.4 is 10.1 Å². The Balaban J connectivity index is 1.49. The highest BCUT2D eigenvalue weighted by Gasteiger charge is 2.17. The zero-order valence-electron chi connectivity index (χ0n) is 14.4. The number of ether oxygens (including phenoxy) is 1. The zero-order valence-corrected chi connectivity index (χ0v) is 15.2. The average molecular weight is 353 g/mol. The van der Waals surface area contributed by atoms with Gasteiger partial charge in [-0.25, -0.2) is 0 Å². The first-order valence-electron chi connectivity index (χ1n) is 8.42. The third-order valence-electron chi connectivity index (χ3n) is 4.20. The van der Waals surface area contributed by atoms with E-state index in [0.29, 0.717) is 0 Å². The van der Waals surface area contributed by atoms with E-state index in [-0.39, 0.29) is 0 Å². The van der Waals surface area contributed by atoms with Crippen LogP contribution in [0.25, 0.3) is 6.08 Å². The highest BCUT2D eigenvalue weighted by atomic mass is 32.1. The minimum Gasteiger partial charge on any atom is -0.497 e. The van der Waals surface area contributed by atoms with Crippen molar-refractivity contribution in [3.8, 4) is 5.75 Å². The number of benzene rings is 2. The molecule has 0 aromatic heterocycles. The van der Waals surface area contributed by atoms with Crippen molar-refractivity contribution in [1.82, 2.24) is 9.80 Å². The Morgan fingerprint density at radius 3 is 2.52 bits per heavy atom. The Morgan fingerprint density at radius 2 is 1.80 bits per heavy atom. The first-order valence-corrected chi connectivity index (χ1v) is 8.83. The molecule has 130 valence electrons. The zero-order chi connectivity index (χ0) is 17.5. The van der Waals surface area contributed by atoms with E-state index < -0.39 is 0 Å². The van der Waals surface area contributed by atoms with E-state index in [1.54, 1.807) is 7.11 Å². The number of rotatable bonds is 4. The number of nitrogens with zero attached hydrogens (tertiary/aromatic N) is 2. The van der Waals surface area contributed by atoms with E-state index >= 15 is 0 Å². The molecule has 0 bridgehead atoms. The molecule has 1 aliphatic rings. The number of hydrogen-bond donors (Lipinski definition) is 1.